The van der Waals surface area contributed by atoms with Gasteiger partial charge in [-0.05, 0) is 25.3 Å². The number of halogens is 3. The zero-order valence-electron chi connectivity index (χ0n) is 9.65. The second-order valence-corrected chi connectivity index (χ2v) is 4.83. The molecule has 0 fully saturated rings. The molecule has 0 heterocycles. The van der Waals surface area contributed by atoms with Gasteiger partial charge in [0.15, 0.2) is 5.82 Å². The highest BCUT2D eigenvalue weighted by molar-refractivity contribution is 6.33. The number of nitrogens with one attached hydrogen (secondary N) is 1. The maximum absolute atomic E-state index is 13.4. The van der Waals surface area contributed by atoms with Gasteiger partial charge in [-0.3, -0.25) is 0 Å². The van der Waals surface area contributed by atoms with Crippen LogP contribution >= 0.6 is 11.6 Å². The van der Waals surface area contributed by atoms with Crippen molar-refractivity contribution in [1.29, 1.82) is 0 Å². The molecular weight excluding hydrogens is 232 g/mol. The average Bonchev–Trinajstić information content (AvgIpc) is 2.09. The van der Waals surface area contributed by atoms with Crippen molar-refractivity contribution in [2.45, 2.75) is 33.2 Å². The monoisotopic (exact) mass is 247 g/mol. The molecule has 1 rings (SSSR count). The SMILES string of the molecule is CC(C)CC(C)Nc1c(F)cc(F)cc1Cl. The van der Waals surface area contributed by atoms with Crippen LogP contribution in [0.4, 0.5) is 14.5 Å². The Balaban J connectivity index is 2.81. The Morgan fingerprint density at radius 1 is 1.25 bits per heavy atom. The van der Waals surface area contributed by atoms with E-state index in [2.05, 4.69) is 19.2 Å². The van der Waals surface area contributed by atoms with Gasteiger partial charge in [-0.2, -0.15) is 0 Å². The summed E-state index contributed by atoms with van der Waals surface area (Å²) in [4.78, 5) is 0. The molecule has 0 aromatic heterocycles. The molecule has 0 aliphatic carbocycles. The molecule has 90 valence electrons. The van der Waals surface area contributed by atoms with E-state index in [4.69, 9.17) is 11.6 Å². The van der Waals surface area contributed by atoms with E-state index in [-0.39, 0.29) is 16.8 Å². The summed E-state index contributed by atoms with van der Waals surface area (Å²) in [5.74, 6) is -0.810. The predicted octanol–water partition coefficient (Wildman–Crippen LogP) is 4.46. The van der Waals surface area contributed by atoms with Crippen LogP contribution in [-0.4, -0.2) is 6.04 Å². The molecule has 0 saturated carbocycles. The fourth-order valence-corrected chi connectivity index (χ4v) is 1.94. The molecule has 4 heteroatoms. The summed E-state index contributed by atoms with van der Waals surface area (Å²) in [6.07, 6.45) is 0.896. The fraction of sp³-hybridized carbons (Fsp3) is 0.500. The van der Waals surface area contributed by atoms with E-state index in [1.165, 1.54) is 0 Å². The third kappa shape index (κ3) is 3.63. The van der Waals surface area contributed by atoms with Gasteiger partial charge in [-0.25, -0.2) is 8.78 Å². The van der Waals surface area contributed by atoms with Gasteiger partial charge in [0.25, 0.3) is 0 Å². The van der Waals surface area contributed by atoms with Crippen molar-refractivity contribution in [2.75, 3.05) is 5.32 Å². The van der Waals surface area contributed by atoms with Gasteiger partial charge in [0, 0.05) is 12.1 Å². The van der Waals surface area contributed by atoms with E-state index in [0.29, 0.717) is 5.92 Å². The third-order valence-corrected chi connectivity index (χ3v) is 2.52. The maximum Gasteiger partial charge on any atom is 0.150 e. The van der Waals surface area contributed by atoms with Crippen molar-refractivity contribution >= 4 is 17.3 Å². The second-order valence-electron chi connectivity index (χ2n) is 4.42. The first-order valence-electron chi connectivity index (χ1n) is 5.31. The summed E-state index contributed by atoms with van der Waals surface area (Å²) in [6, 6.07) is 2.03. The predicted molar refractivity (Wildman–Crippen MR) is 63.9 cm³/mol. The lowest BCUT2D eigenvalue weighted by Crippen LogP contribution is -2.18. The van der Waals surface area contributed by atoms with Gasteiger partial charge in [0.1, 0.15) is 5.82 Å². The van der Waals surface area contributed by atoms with Gasteiger partial charge >= 0.3 is 0 Å². The molecule has 0 bridgehead atoms. The summed E-state index contributed by atoms with van der Waals surface area (Å²) >= 11 is 5.77. The quantitative estimate of drug-likeness (QED) is 0.828. The van der Waals surface area contributed by atoms with Crippen molar-refractivity contribution < 1.29 is 8.78 Å². The van der Waals surface area contributed by atoms with E-state index in [0.717, 1.165) is 18.6 Å². The molecule has 0 saturated heterocycles. The molecule has 1 N–H and O–H groups in total. The average molecular weight is 248 g/mol. The molecule has 0 amide bonds. The zero-order valence-corrected chi connectivity index (χ0v) is 10.4. The molecule has 16 heavy (non-hydrogen) atoms. The van der Waals surface area contributed by atoms with Crippen LogP contribution in [-0.2, 0) is 0 Å². The molecule has 0 spiro atoms. The Hall–Kier alpha value is -0.830. The minimum atomic E-state index is -0.662. The lowest BCUT2D eigenvalue weighted by atomic mass is 10.1. The number of hydrogen-bond donors (Lipinski definition) is 1. The topological polar surface area (TPSA) is 12.0 Å². The largest absolute Gasteiger partial charge is 0.379 e. The Bertz CT molecular complexity index is 343. The summed E-state index contributed by atoms with van der Waals surface area (Å²) in [7, 11) is 0. The van der Waals surface area contributed by atoms with E-state index in [1.807, 2.05) is 6.92 Å². The highest BCUT2D eigenvalue weighted by Crippen LogP contribution is 2.27. The summed E-state index contributed by atoms with van der Waals surface area (Å²) in [6.45, 7) is 6.11. The van der Waals surface area contributed by atoms with Gasteiger partial charge in [0.05, 0.1) is 10.7 Å². The molecule has 1 unspecified atom stereocenters. The minimum absolute atomic E-state index is 0.0770. The molecule has 1 aromatic rings. The zero-order chi connectivity index (χ0) is 12.3. The van der Waals surface area contributed by atoms with E-state index in [1.54, 1.807) is 0 Å². The van der Waals surface area contributed by atoms with Gasteiger partial charge in [-0.1, -0.05) is 25.4 Å². The highest BCUT2D eigenvalue weighted by Gasteiger charge is 2.13. The Morgan fingerprint density at radius 2 is 1.88 bits per heavy atom. The number of hydrogen-bond acceptors (Lipinski definition) is 1. The van der Waals surface area contributed by atoms with Crippen molar-refractivity contribution in [3.63, 3.8) is 0 Å². The Labute approximate surface area is 99.8 Å². The lowest BCUT2D eigenvalue weighted by Gasteiger charge is -2.18. The number of benzene rings is 1. The number of anilines is 1. The lowest BCUT2D eigenvalue weighted by molar-refractivity contribution is 0.534. The van der Waals surface area contributed by atoms with Crippen LogP contribution in [0.3, 0.4) is 0 Å². The van der Waals surface area contributed by atoms with Gasteiger partial charge < -0.3 is 5.32 Å². The molecule has 1 aromatic carbocycles. The van der Waals surface area contributed by atoms with Crippen molar-refractivity contribution in [2.24, 2.45) is 5.92 Å². The van der Waals surface area contributed by atoms with Crippen molar-refractivity contribution in [1.82, 2.24) is 0 Å². The first-order valence-corrected chi connectivity index (χ1v) is 5.69. The molecular formula is C12H16ClF2N. The van der Waals surface area contributed by atoms with Crippen LogP contribution in [0, 0.1) is 17.6 Å². The molecule has 0 aliphatic heterocycles. The molecule has 1 nitrogen and oxygen atoms in total. The summed E-state index contributed by atoms with van der Waals surface area (Å²) in [5.41, 5.74) is 0.177. The van der Waals surface area contributed by atoms with Crippen molar-refractivity contribution in [3.05, 3.63) is 28.8 Å². The van der Waals surface area contributed by atoms with E-state index in [9.17, 15) is 8.78 Å². The third-order valence-electron chi connectivity index (χ3n) is 2.22. The van der Waals surface area contributed by atoms with Crippen LogP contribution in [0.5, 0.6) is 0 Å². The molecule has 0 aliphatic rings. The van der Waals surface area contributed by atoms with Crippen LogP contribution in [0.1, 0.15) is 27.2 Å². The standard InChI is InChI=1S/C12H16ClF2N/c1-7(2)4-8(3)16-12-10(13)5-9(14)6-11(12)15/h5-8,16H,4H2,1-3H3. The maximum atomic E-state index is 13.4. The molecule has 1 atom stereocenters. The fourth-order valence-electron chi connectivity index (χ4n) is 1.69. The first kappa shape index (κ1) is 13.2. The Morgan fingerprint density at radius 3 is 2.38 bits per heavy atom. The van der Waals surface area contributed by atoms with Crippen LogP contribution in [0.2, 0.25) is 5.02 Å². The second kappa shape index (κ2) is 5.48. The van der Waals surface area contributed by atoms with Crippen molar-refractivity contribution in [3.8, 4) is 0 Å². The first-order chi connectivity index (χ1) is 7.40. The smallest absolute Gasteiger partial charge is 0.150 e. The van der Waals surface area contributed by atoms with E-state index < -0.39 is 11.6 Å². The normalized spacial score (nSPS) is 12.9. The Kier molecular flexibility index (Phi) is 4.54. The van der Waals surface area contributed by atoms with E-state index >= 15 is 0 Å². The minimum Gasteiger partial charge on any atom is -0.379 e. The van der Waals surface area contributed by atoms with Crippen LogP contribution in [0.15, 0.2) is 12.1 Å². The van der Waals surface area contributed by atoms with Crippen LogP contribution < -0.4 is 5.32 Å². The van der Waals surface area contributed by atoms with Crippen LogP contribution in [0.25, 0.3) is 0 Å². The molecule has 0 radical (unpaired) electrons. The van der Waals surface area contributed by atoms with Gasteiger partial charge in [0.2, 0.25) is 0 Å². The van der Waals surface area contributed by atoms with Gasteiger partial charge in [-0.15, -0.1) is 0 Å². The summed E-state index contributed by atoms with van der Waals surface area (Å²) in [5, 5.41) is 3.04. The highest BCUT2D eigenvalue weighted by atomic mass is 35.5. The number of rotatable bonds is 4. The summed E-state index contributed by atoms with van der Waals surface area (Å²) < 4.78 is 26.2.